The Morgan fingerprint density at radius 3 is 2.35 bits per heavy atom. The molecule has 0 aliphatic heterocycles. The zero-order valence-corrected chi connectivity index (χ0v) is 10.6. The molecular formula is C12H17NO3S. The minimum absolute atomic E-state index is 0.104. The first-order valence-electron chi connectivity index (χ1n) is 5.38. The van der Waals surface area contributed by atoms with Gasteiger partial charge in [-0.1, -0.05) is 12.1 Å². The Balaban J connectivity index is 2.92. The summed E-state index contributed by atoms with van der Waals surface area (Å²) in [5.41, 5.74) is 0.613. The molecule has 0 aliphatic rings. The molecule has 0 heterocycles. The molecule has 17 heavy (non-hydrogen) atoms. The molecule has 1 aromatic rings. The molecule has 1 amide bonds. The summed E-state index contributed by atoms with van der Waals surface area (Å²) in [4.78, 5) is 14.5. The number of benzene rings is 1. The minimum atomic E-state index is -0.155. The van der Waals surface area contributed by atoms with Crippen LogP contribution in [0.1, 0.15) is 10.4 Å². The van der Waals surface area contributed by atoms with Gasteiger partial charge in [0.2, 0.25) is 0 Å². The van der Waals surface area contributed by atoms with E-state index in [-0.39, 0.29) is 32.2 Å². The fourth-order valence-corrected chi connectivity index (χ4v) is 2.14. The van der Waals surface area contributed by atoms with Gasteiger partial charge >= 0.3 is 0 Å². The van der Waals surface area contributed by atoms with E-state index in [4.69, 9.17) is 10.2 Å². The Morgan fingerprint density at radius 2 is 1.82 bits per heavy atom. The van der Waals surface area contributed by atoms with Crippen LogP contribution in [0, 0.1) is 0 Å². The van der Waals surface area contributed by atoms with Gasteiger partial charge in [0.25, 0.3) is 5.91 Å². The van der Waals surface area contributed by atoms with Crippen LogP contribution < -0.4 is 0 Å². The Hall–Kier alpha value is -1.04. The molecule has 0 unspecified atom stereocenters. The van der Waals surface area contributed by atoms with Crippen molar-refractivity contribution < 1.29 is 15.0 Å². The minimum Gasteiger partial charge on any atom is -0.395 e. The van der Waals surface area contributed by atoms with Crippen molar-refractivity contribution in [2.75, 3.05) is 32.6 Å². The number of carbonyl (C=O) groups is 1. The summed E-state index contributed by atoms with van der Waals surface area (Å²) in [6.45, 7) is 0.268. The average Bonchev–Trinajstić information content (AvgIpc) is 2.37. The van der Waals surface area contributed by atoms with E-state index >= 15 is 0 Å². The quantitative estimate of drug-likeness (QED) is 0.739. The molecular weight excluding hydrogens is 238 g/mol. The van der Waals surface area contributed by atoms with Crippen molar-refractivity contribution in [1.29, 1.82) is 0 Å². The first kappa shape index (κ1) is 14.0. The van der Waals surface area contributed by atoms with E-state index in [0.29, 0.717) is 5.56 Å². The maximum atomic E-state index is 12.2. The van der Waals surface area contributed by atoms with Crippen molar-refractivity contribution in [3.05, 3.63) is 29.8 Å². The van der Waals surface area contributed by atoms with Crippen LogP contribution >= 0.6 is 11.8 Å². The highest BCUT2D eigenvalue weighted by molar-refractivity contribution is 7.98. The highest BCUT2D eigenvalue weighted by atomic mass is 32.2. The Kier molecular flexibility index (Phi) is 6.04. The van der Waals surface area contributed by atoms with Crippen LogP contribution in [0.3, 0.4) is 0 Å². The van der Waals surface area contributed by atoms with E-state index < -0.39 is 0 Å². The third kappa shape index (κ3) is 3.73. The first-order valence-corrected chi connectivity index (χ1v) is 6.61. The molecule has 94 valence electrons. The first-order chi connectivity index (χ1) is 8.24. The van der Waals surface area contributed by atoms with Crippen molar-refractivity contribution in [3.63, 3.8) is 0 Å². The zero-order valence-electron chi connectivity index (χ0n) is 9.80. The van der Waals surface area contributed by atoms with Crippen molar-refractivity contribution in [2.24, 2.45) is 0 Å². The maximum Gasteiger partial charge on any atom is 0.255 e. The monoisotopic (exact) mass is 255 g/mol. The van der Waals surface area contributed by atoms with E-state index in [0.717, 1.165) is 4.90 Å². The van der Waals surface area contributed by atoms with E-state index in [1.165, 1.54) is 16.7 Å². The summed E-state index contributed by atoms with van der Waals surface area (Å²) in [7, 11) is 0. The normalized spacial score (nSPS) is 10.3. The predicted octanol–water partition coefficient (Wildman–Crippen LogP) is 0.835. The zero-order chi connectivity index (χ0) is 12.7. The lowest BCUT2D eigenvalue weighted by molar-refractivity contribution is 0.0681. The van der Waals surface area contributed by atoms with Crippen LogP contribution in [0.2, 0.25) is 0 Å². The Bertz CT molecular complexity index is 365. The lowest BCUT2D eigenvalue weighted by Crippen LogP contribution is -2.36. The van der Waals surface area contributed by atoms with Crippen molar-refractivity contribution >= 4 is 17.7 Å². The van der Waals surface area contributed by atoms with Crippen LogP contribution in [0.15, 0.2) is 29.2 Å². The maximum absolute atomic E-state index is 12.2. The molecule has 0 aromatic heterocycles. The van der Waals surface area contributed by atoms with Gasteiger partial charge in [0.05, 0.1) is 18.8 Å². The van der Waals surface area contributed by atoms with E-state index in [2.05, 4.69) is 0 Å². The van der Waals surface area contributed by atoms with Crippen LogP contribution in [0.5, 0.6) is 0 Å². The van der Waals surface area contributed by atoms with Gasteiger partial charge in [0.1, 0.15) is 0 Å². The molecule has 0 fully saturated rings. The van der Waals surface area contributed by atoms with Crippen LogP contribution in [-0.2, 0) is 0 Å². The molecule has 0 bridgehead atoms. The van der Waals surface area contributed by atoms with Gasteiger partial charge in [0.15, 0.2) is 0 Å². The van der Waals surface area contributed by atoms with Gasteiger partial charge in [-0.2, -0.15) is 0 Å². The largest absolute Gasteiger partial charge is 0.395 e. The van der Waals surface area contributed by atoms with Gasteiger partial charge in [-0.3, -0.25) is 4.79 Å². The molecule has 0 atom stereocenters. The van der Waals surface area contributed by atoms with Crippen molar-refractivity contribution in [3.8, 4) is 0 Å². The lowest BCUT2D eigenvalue weighted by Gasteiger charge is -2.21. The van der Waals surface area contributed by atoms with E-state index in [1.54, 1.807) is 6.07 Å². The molecule has 1 aromatic carbocycles. The summed E-state index contributed by atoms with van der Waals surface area (Å²) < 4.78 is 0. The highest BCUT2D eigenvalue weighted by Crippen LogP contribution is 2.21. The number of rotatable bonds is 6. The molecule has 0 spiro atoms. The summed E-state index contributed by atoms with van der Waals surface area (Å²) >= 11 is 1.50. The number of carbonyl (C=O) groups excluding carboxylic acids is 1. The highest BCUT2D eigenvalue weighted by Gasteiger charge is 2.17. The average molecular weight is 255 g/mol. The number of hydrogen-bond donors (Lipinski definition) is 2. The van der Waals surface area contributed by atoms with Gasteiger partial charge in [-0.05, 0) is 18.4 Å². The second-order valence-electron chi connectivity index (χ2n) is 3.44. The molecule has 0 saturated heterocycles. The summed E-state index contributed by atoms with van der Waals surface area (Å²) in [5, 5.41) is 17.8. The van der Waals surface area contributed by atoms with Crippen LogP contribution in [0.25, 0.3) is 0 Å². The predicted molar refractivity (Wildman–Crippen MR) is 68.3 cm³/mol. The number of amides is 1. The van der Waals surface area contributed by atoms with Crippen molar-refractivity contribution in [2.45, 2.75) is 4.90 Å². The molecule has 0 aliphatic carbocycles. The summed E-state index contributed by atoms with van der Waals surface area (Å²) in [6, 6.07) is 7.33. The Morgan fingerprint density at radius 1 is 1.24 bits per heavy atom. The van der Waals surface area contributed by atoms with Gasteiger partial charge in [-0.25, -0.2) is 0 Å². The summed E-state index contributed by atoms with van der Waals surface area (Å²) in [5.74, 6) is -0.155. The standard InChI is InChI=1S/C12H17NO3S/c1-17-11-5-3-2-4-10(11)12(16)13(6-8-14)7-9-15/h2-5,14-15H,6-9H2,1H3. The Labute approximate surface area is 105 Å². The molecule has 4 nitrogen and oxygen atoms in total. The fraction of sp³-hybridized carbons (Fsp3) is 0.417. The van der Waals surface area contributed by atoms with Crippen molar-refractivity contribution in [1.82, 2.24) is 4.90 Å². The van der Waals surface area contributed by atoms with Gasteiger partial charge < -0.3 is 15.1 Å². The van der Waals surface area contributed by atoms with E-state index in [1.807, 2.05) is 24.5 Å². The molecule has 0 saturated carbocycles. The molecule has 0 radical (unpaired) electrons. The second kappa shape index (κ2) is 7.32. The smallest absolute Gasteiger partial charge is 0.255 e. The van der Waals surface area contributed by atoms with Gasteiger partial charge in [-0.15, -0.1) is 11.8 Å². The number of nitrogens with zero attached hydrogens (tertiary/aromatic N) is 1. The number of hydrogen-bond acceptors (Lipinski definition) is 4. The number of aliphatic hydroxyl groups is 2. The third-order valence-corrected chi connectivity index (χ3v) is 3.16. The molecule has 5 heteroatoms. The van der Waals surface area contributed by atoms with Gasteiger partial charge in [0, 0.05) is 18.0 Å². The number of aliphatic hydroxyl groups excluding tert-OH is 2. The summed E-state index contributed by atoms with van der Waals surface area (Å²) in [6.07, 6.45) is 1.91. The fourth-order valence-electron chi connectivity index (χ4n) is 1.55. The van der Waals surface area contributed by atoms with Crippen LogP contribution in [0.4, 0.5) is 0 Å². The topological polar surface area (TPSA) is 60.8 Å². The SMILES string of the molecule is CSc1ccccc1C(=O)N(CCO)CCO. The van der Waals surface area contributed by atoms with Crippen LogP contribution in [-0.4, -0.2) is 53.6 Å². The second-order valence-corrected chi connectivity index (χ2v) is 4.29. The third-order valence-electron chi connectivity index (χ3n) is 2.36. The molecule has 2 N–H and O–H groups in total. The lowest BCUT2D eigenvalue weighted by atomic mass is 10.2. The number of thioether (sulfide) groups is 1. The molecule has 1 rings (SSSR count). The van der Waals surface area contributed by atoms with E-state index in [9.17, 15) is 4.79 Å².